The van der Waals surface area contributed by atoms with Gasteiger partial charge in [0.25, 0.3) is 0 Å². The summed E-state index contributed by atoms with van der Waals surface area (Å²) in [5, 5.41) is 4.22. The van der Waals surface area contributed by atoms with Crippen molar-refractivity contribution in [3.8, 4) is 0 Å². The number of benzene rings is 1. The van der Waals surface area contributed by atoms with Crippen molar-refractivity contribution in [3.63, 3.8) is 0 Å². The first-order valence-corrected chi connectivity index (χ1v) is 7.62. The smallest absolute Gasteiger partial charge is 0.124 e. The third kappa shape index (κ3) is 3.29. The molecule has 104 valence electrons. The van der Waals surface area contributed by atoms with Crippen LogP contribution in [0.5, 0.6) is 0 Å². The van der Waals surface area contributed by atoms with Crippen molar-refractivity contribution in [2.75, 3.05) is 6.54 Å². The molecule has 2 saturated carbocycles. The molecule has 1 N–H and O–H groups in total. The van der Waals surface area contributed by atoms with E-state index in [0.717, 1.165) is 30.5 Å². The molecule has 1 aromatic carbocycles. The van der Waals surface area contributed by atoms with E-state index >= 15 is 0 Å². The van der Waals surface area contributed by atoms with Crippen molar-refractivity contribution in [2.45, 2.75) is 45.1 Å². The van der Waals surface area contributed by atoms with E-state index in [1.165, 1.54) is 37.8 Å². The average Bonchev–Trinajstić information content (AvgIpc) is 3.24. The highest BCUT2D eigenvalue weighted by molar-refractivity contribution is 6.31. The van der Waals surface area contributed by atoms with Gasteiger partial charge in [-0.25, -0.2) is 4.39 Å². The molecule has 2 fully saturated rings. The molecule has 2 aliphatic rings. The maximum Gasteiger partial charge on any atom is 0.124 e. The van der Waals surface area contributed by atoms with E-state index in [0.29, 0.717) is 5.02 Å². The summed E-state index contributed by atoms with van der Waals surface area (Å²) in [5.74, 6) is 0.540. The molecule has 1 aromatic rings. The molecule has 19 heavy (non-hydrogen) atoms. The lowest BCUT2D eigenvalue weighted by Gasteiger charge is -2.31. The van der Waals surface area contributed by atoms with Crippen LogP contribution in [0.25, 0.3) is 0 Å². The van der Waals surface area contributed by atoms with Crippen LogP contribution in [-0.2, 0) is 6.42 Å². The molecule has 1 nitrogen and oxygen atoms in total. The second kappa shape index (κ2) is 5.06. The molecule has 0 saturated heterocycles. The molecule has 0 spiro atoms. The van der Waals surface area contributed by atoms with Crippen molar-refractivity contribution in [1.82, 2.24) is 5.32 Å². The van der Waals surface area contributed by atoms with Gasteiger partial charge in [-0.05, 0) is 61.1 Å². The van der Waals surface area contributed by atoms with Gasteiger partial charge in [-0.1, -0.05) is 24.6 Å². The number of hydrogen-bond donors (Lipinski definition) is 1. The molecule has 0 amide bonds. The Morgan fingerprint density at radius 2 is 2.05 bits per heavy atom. The van der Waals surface area contributed by atoms with Crippen LogP contribution in [0.3, 0.4) is 0 Å². The summed E-state index contributed by atoms with van der Waals surface area (Å²) >= 11 is 6.18. The molecule has 0 aliphatic heterocycles. The van der Waals surface area contributed by atoms with Gasteiger partial charge in [0, 0.05) is 17.6 Å². The zero-order valence-corrected chi connectivity index (χ0v) is 12.1. The Hall–Kier alpha value is -0.600. The summed E-state index contributed by atoms with van der Waals surface area (Å²) < 4.78 is 13.1. The maximum atomic E-state index is 13.1. The minimum absolute atomic E-state index is 0.252. The van der Waals surface area contributed by atoms with Gasteiger partial charge in [-0.15, -0.1) is 0 Å². The first-order chi connectivity index (χ1) is 9.07. The quantitative estimate of drug-likeness (QED) is 0.824. The van der Waals surface area contributed by atoms with Gasteiger partial charge in [-0.3, -0.25) is 0 Å². The Morgan fingerprint density at radius 3 is 2.63 bits per heavy atom. The molecule has 0 radical (unpaired) electrons. The van der Waals surface area contributed by atoms with Gasteiger partial charge < -0.3 is 5.32 Å². The average molecular weight is 282 g/mol. The highest BCUT2D eigenvalue weighted by Gasteiger charge is 2.42. The highest BCUT2D eigenvalue weighted by Crippen LogP contribution is 2.48. The second-order valence-electron chi connectivity index (χ2n) is 6.50. The third-order valence-corrected chi connectivity index (χ3v) is 4.90. The largest absolute Gasteiger partial charge is 0.313 e. The van der Waals surface area contributed by atoms with Crippen molar-refractivity contribution in [2.24, 2.45) is 11.3 Å². The van der Waals surface area contributed by atoms with E-state index in [2.05, 4.69) is 12.2 Å². The minimum atomic E-state index is -0.252. The van der Waals surface area contributed by atoms with E-state index in [1.807, 2.05) is 6.07 Å². The van der Waals surface area contributed by atoms with E-state index in [4.69, 9.17) is 11.6 Å². The fraction of sp³-hybridized carbons (Fsp3) is 0.625. The SMILES string of the molecule is CC(CNC1CC1)(Cc1ccc(F)cc1Cl)C1CC1. The summed E-state index contributed by atoms with van der Waals surface area (Å²) in [6.07, 6.45) is 6.22. The first kappa shape index (κ1) is 13.4. The van der Waals surface area contributed by atoms with Gasteiger partial charge in [0.1, 0.15) is 5.82 Å². The summed E-state index contributed by atoms with van der Waals surface area (Å²) in [6.45, 7) is 3.40. The fourth-order valence-electron chi connectivity index (χ4n) is 2.90. The van der Waals surface area contributed by atoms with Crippen molar-refractivity contribution >= 4 is 11.6 Å². The molecular formula is C16H21ClFN. The van der Waals surface area contributed by atoms with Crippen LogP contribution in [-0.4, -0.2) is 12.6 Å². The number of rotatable bonds is 6. The Morgan fingerprint density at radius 1 is 1.32 bits per heavy atom. The lowest BCUT2D eigenvalue weighted by atomic mass is 9.78. The molecule has 1 unspecified atom stereocenters. The standard InChI is InChI=1S/C16H21ClFN/c1-16(12-3-4-12,10-19-14-6-7-14)9-11-2-5-13(18)8-15(11)17/h2,5,8,12,14,19H,3-4,6-7,9-10H2,1H3. The fourth-order valence-corrected chi connectivity index (χ4v) is 3.13. The lowest BCUT2D eigenvalue weighted by Crippen LogP contribution is -2.36. The highest BCUT2D eigenvalue weighted by atomic mass is 35.5. The Bertz CT molecular complexity index is 468. The van der Waals surface area contributed by atoms with Gasteiger partial charge in [0.05, 0.1) is 0 Å². The van der Waals surface area contributed by atoms with Crippen LogP contribution < -0.4 is 5.32 Å². The van der Waals surface area contributed by atoms with Gasteiger partial charge in [-0.2, -0.15) is 0 Å². The van der Waals surface area contributed by atoms with Crippen molar-refractivity contribution in [3.05, 3.63) is 34.6 Å². The number of nitrogens with one attached hydrogen (secondary N) is 1. The van der Waals surface area contributed by atoms with Crippen LogP contribution in [0.15, 0.2) is 18.2 Å². The van der Waals surface area contributed by atoms with Crippen LogP contribution in [0, 0.1) is 17.2 Å². The Balaban J connectivity index is 1.72. The van der Waals surface area contributed by atoms with Crippen molar-refractivity contribution < 1.29 is 4.39 Å². The molecule has 1 atom stereocenters. The first-order valence-electron chi connectivity index (χ1n) is 7.24. The normalized spacial score (nSPS) is 22.3. The Labute approximate surface area is 119 Å². The van der Waals surface area contributed by atoms with Crippen LogP contribution in [0.2, 0.25) is 5.02 Å². The molecule has 0 bridgehead atoms. The third-order valence-electron chi connectivity index (χ3n) is 4.54. The maximum absolute atomic E-state index is 13.1. The van der Waals surface area contributed by atoms with Gasteiger partial charge >= 0.3 is 0 Å². The van der Waals surface area contributed by atoms with E-state index in [-0.39, 0.29) is 11.2 Å². The van der Waals surface area contributed by atoms with E-state index in [9.17, 15) is 4.39 Å². The molecular weight excluding hydrogens is 261 g/mol. The molecule has 0 aromatic heterocycles. The lowest BCUT2D eigenvalue weighted by molar-refractivity contribution is 0.255. The topological polar surface area (TPSA) is 12.0 Å². The minimum Gasteiger partial charge on any atom is -0.313 e. The molecule has 2 aliphatic carbocycles. The van der Waals surface area contributed by atoms with Crippen LogP contribution in [0.4, 0.5) is 4.39 Å². The molecule has 3 rings (SSSR count). The summed E-state index contributed by atoms with van der Waals surface area (Å²) in [5.41, 5.74) is 1.33. The van der Waals surface area contributed by atoms with Crippen molar-refractivity contribution in [1.29, 1.82) is 0 Å². The van der Waals surface area contributed by atoms with Gasteiger partial charge in [0.2, 0.25) is 0 Å². The predicted molar refractivity (Wildman–Crippen MR) is 77.0 cm³/mol. The predicted octanol–water partition coefficient (Wildman–Crippen LogP) is 4.19. The summed E-state index contributed by atoms with van der Waals surface area (Å²) in [6, 6.07) is 5.53. The summed E-state index contributed by atoms with van der Waals surface area (Å²) in [7, 11) is 0. The molecule has 0 heterocycles. The zero-order valence-electron chi connectivity index (χ0n) is 11.4. The van der Waals surface area contributed by atoms with E-state index in [1.54, 1.807) is 0 Å². The van der Waals surface area contributed by atoms with Crippen LogP contribution in [0.1, 0.15) is 38.2 Å². The zero-order chi connectivity index (χ0) is 13.5. The number of hydrogen-bond acceptors (Lipinski definition) is 1. The molecule has 3 heteroatoms. The van der Waals surface area contributed by atoms with Crippen LogP contribution >= 0.6 is 11.6 Å². The monoisotopic (exact) mass is 281 g/mol. The second-order valence-corrected chi connectivity index (χ2v) is 6.90. The Kier molecular flexibility index (Phi) is 3.57. The summed E-state index contributed by atoms with van der Waals surface area (Å²) in [4.78, 5) is 0. The number of halogens is 2. The van der Waals surface area contributed by atoms with E-state index < -0.39 is 0 Å². The van der Waals surface area contributed by atoms with Gasteiger partial charge in [0.15, 0.2) is 0 Å².